The molecule has 0 saturated carbocycles. The summed E-state index contributed by atoms with van der Waals surface area (Å²) in [6.07, 6.45) is 1.73. The quantitative estimate of drug-likeness (QED) is 0.748. The second-order valence-electron chi connectivity index (χ2n) is 5.51. The van der Waals surface area contributed by atoms with Crippen molar-refractivity contribution in [1.82, 2.24) is 9.03 Å². The third kappa shape index (κ3) is 3.44. The minimum atomic E-state index is -3.65. The largest absolute Gasteiger partial charge is 0.481 e. The van der Waals surface area contributed by atoms with Crippen molar-refractivity contribution >= 4 is 16.2 Å². The van der Waals surface area contributed by atoms with E-state index in [2.05, 4.69) is 4.72 Å². The minimum absolute atomic E-state index is 0.0433. The predicted molar refractivity (Wildman–Crippen MR) is 67.8 cm³/mol. The molecule has 110 valence electrons. The molecule has 19 heavy (non-hydrogen) atoms. The Morgan fingerprint density at radius 3 is 2.84 bits per heavy atom. The fourth-order valence-electron chi connectivity index (χ4n) is 2.49. The third-order valence-electron chi connectivity index (χ3n) is 3.67. The van der Waals surface area contributed by atoms with E-state index in [1.165, 1.54) is 4.31 Å². The van der Waals surface area contributed by atoms with Gasteiger partial charge in [0, 0.05) is 19.7 Å². The number of carboxylic acid groups (broad SMARTS) is 1. The van der Waals surface area contributed by atoms with Gasteiger partial charge in [-0.1, -0.05) is 0 Å². The molecule has 2 atom stereocenters. The topological polar surface area (TPSA) is 95.9 Å². The maximum absolute atomic E-state index is 12.3. The van der Waals surface area contributed by atoms with Gasteiger partial charge in [-0.25, -0.2) is 0 Å². The molecule has 8 heteroatoms. The van der Waals surface area contributed by atoms with Crippen molar-refractivity contribution in [3.63, 3.8) is 0 Å². The molecule has 0 aliphatic carbocycles. The highest BCUT2D eigenvalue weighted by atomic mass is 32.2. The first kappa shape index (κ1) is 14.7. The van der Waals surface area contributed by atoms with Gasteiger partial charge in [0.1, 0.15) is 0 Å². The summed E-state index contributed by atoms with van der Waals surface area (Å²) in [6, 6.07) is 0. The number of hydrogen-bond acceptors (Lipinski definition) is 4. The highest BCUT2D eigenvalue weighted by Gasteiger charge is 2.38. The van der Waals surface area contributed by atoms with Crippen molar-refractivity contribution in [2.24, 2.45) is 5.92 Å². The highest BCUT2D eigenvalue weighted by Crippen LogP contribution is 2.23. The van der Waals surface area contributed by atoms with Crippen LogP contribution in [-0.4, -0.2) is 55.6 Å². The molecule has 2 aliphatic rings. The standard InChI is InChI=1S/C11H20N2O5S/c1-11(4-6-18-8-11)12-19(16,17)13-5-2-3-9(7-13)10(14)15/h9,12H,2-8H2,1H3,(H,14,15). The molecule has 7 nitrogen and oxygen atoms in total. The number of piperidine rings is 1. The first-order valence-electron chi connectivity index (χ1n) is 6.42. The fourth-order valence-corrected chi connectivity index (χ4v) is 4.14. The van der Waals surface area contributed by atoms with Crippen molar-refractivity contribution < 1.29 is 23.1 Å². The fraction of sp³-hybridized carbons (Fsp3) is 0.909. The van der Waals surface area contributed by atoms with Crippen LogP contribution in [0.15, 0.2) is 0 Å². The van der Waals surface area contributed by atoms with Gasteiger partial charge in [-0.15, -0.1) is 0 Å². The van der Waals surface area contributed by atoms with Crippen LogP contribution in [0.2, 0.25) is 0 Å². The first-order chi connectivity index (χ1) is 8.82. The smallest absolute Gasteiger partial charge is 0.307 e. The Balaban J connectivity index is 2.04. The summed E-state index contributed by atoms with van der Waals surface area (Å²) >= 11 is 0. The molecule has 2 saturated heterocycles. The molecule has 0 amide bonds. The van der Waals surface area contributed by atoms with Crippen LogP contribution >= 0.6 is 0 Å². The molecule has 2 aliphatic heterocycles. The average Bonchev–Trinajstić information content (AvgIpc) is 2.75. The summed E-state index contributed by atoms with van der Waals surface area (Å²) in [5.74, 6) is -1.55. The van der Waals surface area contributed by atoms with Gasteiger partial charge < -0.3 is 9.84 Å². The second kappa shape index (κ2) is 5.35. The number of hydrogen-bond donors (Lipinski definition) is 2. The Hall–Kier alpha value is -0.700. The van der Waals surface area contributed by atoms with E-state index >= 15 is 0 Å². The van der Waals surface area contributed by atoms with Crippen molar-refractivity contribution in [2.75, 3.05) is 26.3 Å². The molecule has 0 aromatic rings. The van der Waals surface area contributed by atoms with Crippen molar-refractivity contribution in [3.8, 4) is 0 Å². The highest BCUT2D eigenvalue weighted by molar-refractivity contribution is 7.87. The summed E-state index contributed by atoms with van der Waals surface area (Å²) in [5, 5.41) is 8.99. The molecular formula is C11H20N2O5S. The molecule has 2 fully saturated rings. The zero-order valence-electron chi connectivity index (χ0n) is 11.0. The van der Waals surface area contributed by atoms with Crippen LogP contribution in [0.25, 0.3) is 0 Å². The second-order valence-corrected chi connectivity index (χ2v) is 7.18. The lowest BCUT2D eigenvalue weighted by Crippen LogP contribution is -2.54. The summed E-state index contributed by atoms with van der Waals surface area (Å²) in [5.41, 5.74) is -0.588. The van der Waals surface area contributed by atoms with E-state index in [9.17, 15) is 13.2 Å². The Morgan fingerprint density at radius 1 is 1.53 bits per heavy atom. The van der Waals surface area contributed by atoms with Crippen molar-refractivity contribution in [2.45, 2.75) is 31.7 Å². The molecule has 2 N–H and O–H groups in total. The zero-order valence-corrected chi connectivity index (χ0v) is 11.8. The van der Waals surface area contributed by atoms with Gasteiger partial charge in [-0.05, 0) is 26.2 Å². The van der Waals surface area contributed by atoms with E-state index in [-0.39, 0.29) is 6.54 Å². The number of nitrogens with zero attached hydrogens (tertiary/aromatic N) is 1. The molecular weight excluding hydrogens is 272 g/mol. The summed E-state index contributed by atoms with van der Waals surface area (Å²) in [4.78, 5) is 11.0. The molecule has 2 unspecified atom stereocenters. The van der Waals surface area contributed by atoms with E-state index in [0.29, 0.717) is 39.0 Å². The summed E-state index contributed by atoms with van der Waals surface area (Å²) < 4.78 is 33.7. The van der Waals surface area contributed by atoms with E-state index in [0.717, 1.165) is 0 Å². The van der Waals surface area contributed by atoms with Gasteiger partial charge in [-0.2, -0.15) is 17.4 Å². The molecule has 0 spiro atoms. The van der Waals surface area contributed by atoms with Crippen LogP contribution in [0.4, 0.5) is 0 Å². The van der Waals surface area contributed by atoms with Gasteiger partial charge in [0.25, 0.3) is 10.2 Å². The van der Waals surface area contributed by atoms with Crippen LogP contribution in [-0.2, 0) is 19.7 Å². The van der Waals surface area contributed by atoms with Gasteiger partial charge in [0.2, 0.25) is 0 Å². The van der Waals surface area contributed by atoms with Gasteiger partial charge in [0.15, 0.2) is 0 Å². The zero-order chi connectivity index (χ0) is 14.1. The number of ether oxygens (including phenoxy) is 1. The summed E-state index contributed by atoms with van der Waals surface area (Å²) in [6.45, 7) is 3.10. The number of nitrogens with one attached hydrogen (secondary N) is 1. The molecule has 0 aromatic carbocycles. The number of carbonyl (C=O) groups is 1. The lowest BCUT2D eigenvalue weighted by atomic mass is 10.0. The van der Waals surface area contributed by atoms with E-state index < -0.39 is 27.6 Å². The lowest BCUT2D eigenvalue weighted by Gasteiger charge is -2.33. The van der Waals surface area contributed by atoms with E-state index in [4.69, 9.17) is 9.84 Å². The van der Waals surface area contributed by atoms with Crippen LogP contribution < -0.4 is 4.72 Å². The summed E-state index contributed by atoms with van der Waals surface area (Å²) in [7, 11) is -3.65. The average molecular weight is 292 g/mol. The predicted octanol–water partition coefficient (Wildman–Crippen LogP) is -0.204. The Labute approximate surface area is 113 Å². The Morgan fingerprint density at radius 2 is 2.26 bits per heavy atom. The Kier molecular flexibility index (Phi) is 4.14. The molecule has 0 aromatic heterocycles. The molecule has 0 bridgehead atoms. The number of carboxylic acids is 1. The molecule has 2 heterocycles. The maximum Gasteiger partial charge on any atom is 0.307 e. The van der Waals surface area contributed by atoms with Crippen LogP contribution in [0.5, 0.6) is 0 Å². The van der Waals surface area contributed by atoms with Crippen LogP contribution in [0.3, 0.4) is 0 Å². The number of aliphatic carboxylic acids is 1. The third-order valence-corrected chi connectivity index (χ3v) is 5.43. The van der Waals surface area contributed by atoms with Crippen LogP contribution in [0, 0.1) is 5.92 Å². The first-order valence-corrected chi connectivity index (χ1v) is 7.86. The molecule has 0 radical (unpaired) electrons. The lowest BCUT2D eigenvalue weighted by molar-refractivity contribution is -0.142. The van der Waals surface area contributed by atoms with Gasteiger partial charge in [-0.3, -0.25) is 4.79 Å². The minimum Gasteiger partial charge on any atom is -0.481 e. The van der Waals surface area contributed by atoms with E-state index in [1.54, 1.807) is 6.92 Å². The normalized spacial score (nSPS) is 33.4. The van der Waals surface area contributed by atoms with Gasteiger partial charge in [0.05, 0.1) is 18.1 Å². The Bertz CT molecular complexity index is 444. The van der Waals surface area contributed by atoms with Crippen LogP contribution in [0.1, 0.15) is 26.2 Å². The van der Waals surface area contributed by atoms with Gasteiger partial charge >= 0.3 is 5.97 Å². The number of rotatable bonds is 4. The van der Waals surface area contributed by atoms with E-state index in [1.807, 2.05) is 0 Å². The maximum atomic E-state index is 12.3. The monoisotopic (exact) mass is 292 g/mol. The molecule has 2 rings (SSSR count). The van der Waals surface area contributed by atoms with Crippen molar-refractivity contribution in [1.29, 1.82) is 0 Å². The van der Waals surface area contributed by atoms with Crippen molar-refractivity contribution in [3.05, 3.63) is 0 Å². The SMILES string of the molecule is CC1(NS(=O)(=O)N2CCCC(C(=O)O)C2)CCOC1.